The minimum atomic E-state index is 1.12. The molecule has 0 spiro atoms. The molecule has 28 heavy (non-hydrogen) atoms. The van der Waals surface area contributed by atoms with Crippen molar-refractivity contribution in [3.05, 3.63) is 17.5 Å². The maximum atomic E-state index is 5.28. The molecule has 3 aromatic heterocycles. The summed E-state index contributed by atoms with van der Waals surface area (Å²) in [4.78, 5) is 20.9. The number of piperidine rings is 1. The smallest absolute Gasteiger partial charge is 0.150 e. The highest BCUT2D eigenvalue weighted by molar-refractivity contribution is 7.26. The minimum Gasteiger partial charge on any atom is -0.356 e. The number of aromatic nitrogens is 3. The van der Waals surface area contributed by atoms with Crippen LogP contribution in [-0.4, -0.2) is 41.1 Å². The average molecular weight is 394 g/mol. The number of hydrogen-bond acceptors (Lipinski definition) is 6. The fourth-order valence-electron chi connectivity index (χ4n) is 5.35. The first-order valence-corrected chi connectivity index (χ1v) is 11.8. The molecule has 0 aromatic carbocycles. The van der Waals surface area contributed by atoms with Gasteiger partial charge in [0.1, 0.15) is 22.8 Å². The van der Waals surface area contributed by atoms with Gasteiger partial charge >= 0.3 is 0 Å². The van der Waals surface area contributed by atoms with Crippen LogP contribution in [0.25, 0.3) is 20.4 Å². The maximum Gasteiger partial charge on any atom is 0.150 e. The van der Waals surface area contributed by atoms with E-state index in [1.807, 2.05) is 11.3 Å². The Morgan fingerprint density at radius 3 is 2.18 bits per heavy atom. The highest BCUT2D eigenvalue weighted by atomic mass is 32.1. The van der Waals surface area contributed by atoms with Crippen molar-refractivity contribution in [1.29, 1.82) is 0 Å². The van der Waals surface area contributed by atoms with E-state index in [1.165, 1.54) is 89.6 Å². The molecule has 2 saturated heterocycles. The fourth-order valence-corrected chi connectivity index (χ4v) is 6.52. The molecule has 146 valence electrons. The highest BCUT2D eigenvalue weighted by Crippen LogP contribution is 2.43. The topological polar surface area (TPSA) is 45.2 Å². The van der Waals surface area contributed by atoms with Crippen molar-refractivity contribution >= 4 is 43.4 Å². The molecule has 0 N–H and O–H groups in total. The molecule has 0 radical (unpaired) electrons. The zero-order valence-electron chi connectivity index (χ0n) is 16.4. The molecule has 3 aliphatic rings. The molecule has 1 aliphatic carbocycles. The van der Waals surface area contributed by atoms with Gasteiger partial charge in [-0.2, -0.15) is 0 Å². The van der Waals surface area contributed by atoms with E-state index in [9.17, 15) is 0 Å². The molecular formula is C22H27N5S. The molecule has 0 bridgehead atoms. The Hall–Kier alpha value is -1.95. The average Bonchev–Trinajstić information content (AvgIpc) is 3.41. The SMILES string of the molecule is c1nc(N2CCCC2)c2sc3nc(N4CCCCC4)c4c(c3c2n1)CCCC4. The second-order valence-corrected chi connectivity index (χ2v) is 9.50. The molecule has 6 rings (SSSR count). The van der Waals surface area contributed by atoms with Crippen LogP contribution in [0.2, 0.25) is 0 Å². The Labute approximate surface area is 169 Å². The second kappa shape index (κ2) is 6.83. The summed E-state index contributed by atoms with van der Waals surface area (Å²) in [5, 5.41) is 1.33. The molecule has 0 atom stereocenters. The lowest BCUT2D eigenvalue weighted by molar-refractivity contribution is 0.569. The molecule has 6 heteroatoms. The quantitative estimate of drug-likeness (QED) is 0.631. The number of anilines is 2. The first-order chi connectivity index (χ1) is 13.9. The first-order valence-electron chi connectivity index (χ1n) is 11.0. The molecular weight excluding hydrogens is 366 g/mol. The number of hydrogen-bond donors (Lipinski definition) is 0. The number of fused-ring (bicyclic) bond motifs is 5. The van der Waals surface area contributed by atoms with Crippen LogP contribution in [0.1, 0.15) is 56.1 Å². The Morgan fingerprint density at radius 1 is 0.714 bits per heavy atom. The van der Waals surface area contributed by atoms with Gasteiger partial charge in [0.25, 0.3) is 0 Å². The van der Waals surface area contributed by atoms with Crippen LogP contribution in [0.5, 0.6) is 0 Å². The Morgan fingerprint density at radius 2 is 1.39 bits per heavy atom. The van der Waals surface area contributed by atoms with E-state index in [-0.39, 0.29) is 0 Å². The van der Waals surface area contributed by atoms with E-state index in [0.717, 1.165) is 37.5 Å². The van der Waals surface area contributed by atoms with Gasteiger partial charge in [-0.1, -0.05) is 0 Å². The summed E-state index contributed by atoms with van der Waals surface area (Å²) >= 11 is 1.82. The summed E-state index contributed by atoms with van der Waals surface area (Å²) in [7, 11) is 0. The van der Waals surface area contributed by atoms with Crippen LogP contribution < -0.4 is 9.80 Å². The summed E-state index contributed by atoms with van der Waals surface area (Å²) in [5.74, 6) is 2.42. The predicted molar refractivity (Wildman–Crippen MR) is 117 cm³/mol. The zero-order valence-corrected chi connectivity index (χ0v) is 17.2. The van der Waals surface area contributed by atoms with E-state index in [1.54, 1.807) is 6.33 Å². The van der Waals surface area contributed by atoms with Gasteiger partial charge in [0.05, 0.1) is 10.2 Å². The Kier molecular flexibility index (Phi) is 4.14. The fraction of sp³-hybridized carbons (Fsp3) is 0.591. The van der Waals surface area contributed by atoms with Crippen LogP contribution in [-0.2, 0) is 12.8 Å². The number of rotatable bonds is 2. The minimum absolute atomic E-state index is 1.12. The van der Waals surface area contributed by atoms with E-state index in [0.29, 0.717) is 0 Å². The molecule has 0 unspecified atom stereocenters. The van der Waals surface area contributed by atoms with Gasteiger partial charge in [0.15, 0.2) is 0 Å². The van der Waals surface area contributed by atoms with Crippen LogP contribution >= 0.6 is 11.3 Å². The summed E-state index contributed by atoms with van der Waals surface area (Å²) in [6.45, 7) is 4.55. The van der Waals surface area contributed by atoms with Crippen molar-refractivity contribution in [2.75, 3.05) is 36.0 Å². The van der Waals surface area contributed by atoms with Crippen molar-refractivity contribution < 1.29 is 0 Å². The van der Waals surface area contributed by atoms with Crippen molar-refractivity contribution in [2.24, 2.45) is 0 Å². The van der Waals surface area contributed by atoms with E-state index < -0.39 is 0 Å². The molecule has 3 aromatic rings. The standard InChI is InChI=1S/C22H27N5S/c1-4-10-26(11-5-1)20-16-9-3-2-8-15(16)17-18-19(28-22(17)25-20)21(24-14-23-18)27-12-6-7-13-27/h14H,1-13H2. The molecule has 0 saturated carbocycles. The highest BCUT2D eigenvalue weighted by Gasteiger charge is 2.27. The summed E-state index contributed by atoms with van der Waals surface area (Å²) in [6, 6.07) is 0. The van der Waals surface area contributed by atoms with Crippen LogP contribution in [0, 0.1) is 0 Å². The van der Waals surface area contributed by atoms with Gasteiger partial charge in [-0.15, -0.1) is 11.3 Å². The Balaban J connectivity index is 1.59. The third-order valence-electron chi connectivity index (χ3n) is 6.74. The summed E-state index contributed by atoms with van der Waals surface area (Å²) in [5.41, 5.74) is 4.20. The molecule has 2 fully saturated rings. The summed E-state index contributed by atoms with van der Waals surface area (Å²) < 4.78 is 1.25. The van der Waals surface area contributed by atoms with Crippen molar-refractivity contribution in [2.45, 2.75) is 57.8 Å². The third-order valence-corrected chi connectivity index (χ3v) is 7.81. The van der Waals surface area contributed by atoms with Gasteiger partial charge in [0, 0.05) is 31.6 Å². The van der Waals surface area contributed by atoms with Crippen LogP contribution in [0.3, 0.4) is 0 Å². The second-order valence-electron chi connectivity index (χ2n) is 8.50. The Bertz CT molecular complexity index is 1030. The van der Waals surface area contributed by atoms with Gasteiger partial charge in [0.2, 0.25) is 0 Å². The van der Waals surface area contributed by atoms with E-state index in [4.69, 9.17) is 15.0 Å². The molecule has 5 nitrogen and oxygen atoms in total. The normalized spacial score (nSPS) is 20.3. The lowest BCUT2D eigenvalue weighted by atomic mass is 9.89. The molecule has 0 amide bonds. The largest absolute Gasteiger partial charge is 0.356 e. The van der Waals surface area contributed by atoms with Crippen LogP contribution in [0.15, 0.2) is 6.33 Å². The number of pyridine rings is 1. The number of aryl methyl sites for hydroxylation is 1. The molecule has 2 aliphatic heterocycles. The van der Waals surface area contributed by atoms with Gasteiger partial charge in [-0.05, 0) is 68.9 Å². The van der Waals surface area contributed by atoms with Crippen molar-refractivity contribution in [1.82, 2.24) is 15.0 Å². The number of thiophene rings is 1. The maximum absolute atomic E-state index is 5.28. The molecule has 5 heterocycles. The third kappa shape index (κ3) is 2.60. The first kappa shape index (κ1) is 17.0. The lowest BCUT2D eigenvalue weighted by Crippen LogP contribution is -2.31. The van der Waals surface area contributed by atoms with E-state index >= 15 is 0 Å². The van der Waals surface area contributed by atoms with Gasteiger partial charge in [-0.3, -0.25) is 0 Å². The van der Waals surface area contributed by atoms with Gasteiger partial charge in [-0.25, -0.2) is 15.0 Å². The van der Waals surface area contributed by atoms with E-state index in [2.05, 4.69) is 9.80 Å². The lowest BCUT2D eigenvalue weighted by Gasteiger charge is -2.31. The number of nitrogens with zero attached hydrogens (tertiary/aromatic N) is 5. The summed E-state index contributed by atoms with van der Waals surface area (Å²) in [6.07, 6.45) is 13.2. The van der Waals surface area contributed by atoms with Crippen molar-refractivity contribution in [3.63, 3.8) is 0 Å². The van der Waals surface area contributed by atoms with Gasteiger partial charge < -0.3 is 9.80 Å². The van der Waals surface area contributed by atoms with Crippen molar-refractivity contribution in [3.8, 4) is 0 Å². The zero-order chi connectivity index (χ0) is 18.5. The van der Waals surface area contributed by atoms with Crippen LogP contribution in [0.4, 0.5) is 11.6 Å². The monoisotopic (exact) mass is 393 g/mol. The predicted octanol–water partition coefficient (Wildman–Crippen LogP) is 4.71.